The van der Waals surface area contributed by atoms with Gasteiger partial charge < -0.3 is 24.8 Å². The molecule has 0 bridgehead atoms. The molecular formula is C23H36N2O7. The van der Waals surface area contributed by atoms with E-state index in [9.17, 15) is 9.59 Å². The lowest BCUT2D eigenvalue weighted by Gasteiger charge is -2.39. The van der Waals surface area contributed by atoms with Gasteiger partial charge in [-0.05, 0) is 39.7 Å². The molecule has 0 radical (unpaired) electrons. The van der Waals surface area contributed by atoms with Crippen LogP contribution in [0.15, 0.2) is 30.3 Å². The zero-order valence-electron chi connectivity index (χ0n) is 19.8. The van der Waals surface area contributed by atoms with Crippen LogP contribution < -0.4 is 5.32 Å². The van der Waals surface area contributed by atoms with E-state index in [1.165, 1.54) is 5.56 Å². The Kier molecular flexibility index (Phi) is 13.8. The van der Waals surface area contributed by atoms with Crippen molar-refractivity contribution in [3.05, 3.63) is 35.9 Å². The van der Waals surface area contributed by atoms with E-state index in [1.807, 2.05) is 39.0 Å². The Bertz CT molecular complexity index is 713. The van der Waals surface area contributed by atoms with Crippen molar-refractivity contribution in [2.75, 3.05) is 20.2 Å². The Labute approximate surface area is 190 Å². The van der Waals surface area contributed by atoms with Gasteiger partial charge in [-0.1, -0.05) is 37.3 Å². The largest absolute Gasteiger partial charge is 0.481 e. The zero-order valence-corrected chi connectivity index (χ0v) is 19.8. The Morgan fingerprint density at radius 3 is 2.22 bits per heavy atom. The summed E-state index contributed by atoms with van der Waals surface area (Å²) in [6.45, 7) is 10.6. The number of carboxylic acid groups (broad SMARTS) is 1. The molecule has 1 aliphatic rings. The van der Waals surface area contributed by atoms with E-state index < -0.39 is 11.6 Å². The fourth-order valence-corrected chi connectivity index (χ4v) is 3.00. The van der Waals surface area contributed by atoms with Crippen molar-refractivity contribution in [2.24, 2.45) is 0 Å². The monoisotopic (exact) mass is 452 g/mol. The molecule has 3 atom stereocenters. The molecule has 1 amide bonds. The zero-order chi connectivity index (χ0) is 24.7. The summed E-state index contributed by atoms with van der Waals surface area (Å²) in [6.07, 6.45) is 1.01. The maximum atomic E-state index is 12.3. The van der Waals surface area contributed by atoms with Crippen molar-refractivity contribution in [1.29, 1.82) is 0 Å². The highest BCUT2D eigenvalue weighted by molar-refractivity contribution is 5.68. The molecule has 2 rings (SSSR count). The van der Waals surface area contributed by atoms with Gasteiger partial charge in [-0.3, -0.25) is 4.79 Å². The number of carbonyl (C=O) groups excluding carboxylic acids is 3. The third kappa shape index (κ3) is 12.2. The van der Waals surface area contributed by atoms with Crippen molar-refractivity contribution in [3.8, 4) is 0 Å². The van der Waals surface area contributed by atoms with Crippen molar-refractivity contribution >= 4 is 18.2 Å². The number of nitrogens with one attached hydrogen (secondary N) is 1. The van der Waals surface area contributed by atoms with Crippen LogP contribution >= 0.6 is 0 Å². The normalized spacial score (nSPS) is 18.6. The van der Waals surface area contributed by atoms with Crippen LogP contribution in [0.1, 0.15) is 59.1 Å². The average Bonchev–Trinajstić information content (AvgIpc) is 2.74. The lowest BCUT2D eigenvalue weighted by molar-refractivity contribution is -0.191. The summed E-state index contributed by atoms with van der Waals surface area (Å²) >= 11 is 0. The standard InChI is InChI=1S/C19H30N2O3.C3H6O2.CO2/c1-14(15-9-7-6-8-10-15)20-16-11-12-21(13-17(16)23-5)18(22)24-19(2,3)4;1-2-3(4)5;2-1-3/h6-10,14,16-17,20H,11-13H2,1-5H3;2H2,1H3,(H,4,5);/t14-,16-,17+;;/m1../s1. The lowest BCUT2D eigenvalue weighted by atomic mass is 9.99. The molecule has 1 saturated heterocycles. The molecule has 0 aromatic heterocycles. The van der Waals surface area contributed by atoms with Gasteiger partial charge in [0.05, 0.1) is 12.6 Å². The van der Waals surface area contributed by atoms with E-state index in [4.69, 9.17) is 24.2 Å². The molecule has 0 saturated carbocycles. The number of likely N-dealkylation sites (tertiary alicyclic amines) is 1. The highest BCUT2D eigenvalue weighted by atomic mass is 16.6. The number of hydrogen-bond donors (Lipinski definition) is 2. The number of piperidine rings is 1. The minimum Gasteiger partial charge on any atom is -0.481 e. The molecule has 1 fully saturated rings. The Morgan fingerprint density at radius 1 is 1.25 bits per heavy atom. The summed E-state index contributed by atoms with van der Waals surface area (Å²) in [5.41, 5.74) is 0.776. The molecule has 0 aliphatic carbocycles. The maximum absolute atomic E-state index is 12.3. The van der Waals surface area contributed by atoms with Gasteiger partial charge >= 0.3 is 18.2 Å². The van der Waals surface area contributed by atoms with Crippen LogP contribution in [0.4, 0.5) is 4.79 Å². The Morgan fingerprint density at radius 2 is 1.78 bits per heavy atom. The number of nitrogens with zero attached hydrogens (tertiary/aromatic N) is 1. The second kappa shape index (κ2) is 15.1. The number of carboxylic acids is 1. The first kappa shape index (κ1) is 29.3. The number of aliphatic carboxylic acids is 1. The Hall–Kier alpha value is -2.74. The summed E-state index contributed by atoms with van der Waals surface area (Å²) in [5, 5.41) is 11.4. The molecule has 32 heavy (non-hydrogen) atoms. The summed E-state index contributed by atoms with van der Waals surface area (Å²) in [6, 6.07) is 10.8. The third-order valence-electron chi connectivity index (χ3n) is 4.58. The molecule has 9 heteroatoms. The van der Waals surface area contributed by atoms with E-state index in [0.29, 0.717) is 13.1 Å². The fraction of sp³-hybridized carbons (Fsp3) is 0.609. The van der Waals surface area contributed by atoms with Crippen molar-refractivity contribution in [2.45, 2.75) is 71.2 Å². The summed E-state index contributed by atoms with van der Waals surface area (Å²) < 4.78 is 11.1. The minimum absolute atomic E-state index is 0.0440. The predicted molar refractivity (Wildman–Crippen MR) is 118 cm³/mol. The van der Waals surface area contributed by atoms with Crippen LogP contribution in [0, 0.1) is 0 Å². The topological polar surface area (TPSA) is 122 Å². The van der Waals surface area contributed by atoms with E-state index in [-0.39, 0.29) is 36.9 Å². The van der Waals surface area contributed by atoms with Crippen LogP contribution in [0.25, 0.3) is 0 Å². The van der Waals surface area contributed by atoms with Gasteiger partial charge in [-0.2, -0.15) is 9.59 Å². The van der Waals surface area contributed by atoms with Gasteiger partial charge in [0, 0.05) is 32.2 Å². The highest BCUT2D eigenvalue weighted by Gasteiger charge is 2.34. The highest BCUT2D eigenvalue weighted by Crippen LogP contribution is 2.21. The molecule has 0 spiro atoms. The molecule has 1 heterocycles. The van der Waals surface area contributed by atoms with Gasteiger partial charge in [-0.15, -0.1) is 0 Å². The number of amides is 1. The lowest BCUT2D eigenvalue weighted by Crippen LogP contribution is -2.55. The molecule has 9 nitrogen and oxygen atoms in total. The van der Waals surface area contributed by atoms with E-state index in [1.54, 1.807) is 18.9 Å². The number of rotatable bonds is 5. The van der Waals surface area contributed by atoms with Crippen LogP contribution in [0.2, 0.25) is 0 Å². The minimum atomic E-state index is -0.745. The summed E-state index contributed by atoms with van der Waals surface area (Å²) in [7, 11) is 1.70. The van der Waals surface area contributed by atoms with Gasteiger partial charge in [0.25, 0.3) is 0 Å². The van der Waals surface area contributed by atoms with Crippen molar-refractivity contribution in [3.63, 3.8) is 0 Å². The van der Waals surface area contributed by atoms with E-state index in [0.717, 1.165) is 6.42 Å². The SMILES string of the molecule is CCC(=O)O.CO[C@H]1CN(C(=O)OC(C)(C)C)CC[C@H]1N[C@H](C)c1ccccc1.O=C=O. The van der Waals surface area contributed by atoms with Crippen LogP contribution in [-0.4, -0.2) is 66.2 Å². The smallest absolute Gasteiger partial charge is 0.410 e. The van der Waals surface area contributed by atoms with Crippen LogP contribution in [0.3, 0.4) is 0 Å². The predicted octanol–water partition coefficient (Wildman–Crippen LogP) is 3.26. The van der Waals surface area contributed by atoms with E-state index >= 15 is 0 Å². The van der Waals surface area contributed by atoms with Gasteiger partial charge in [-0.25, -0.2) is 4.79 Å². The van der Waals surface area contributed by atoms with Crippen LogP contribution in [0.5, 0.6) is 0 Å². The molecule has 180 valence electrons. The first-order valence-corrected chi connectivity index (χ1v) is 10.5. The molecule has 0 unspecified atom stereocenters. The average molecular weight is 453 g/mol. The fourth-order valence-electron chi connectivity index (χ4n) is 3.00. The maximum Gasteiger partial charge on any atom is 0.410 e. The molecular weight excluding hydrogens is 416 g/mol. The van der Waals surface area contributed by atoms with Gasteiger partial charge in [0.1, 0.15) is 5.60 Å². The number of carbonyl (C=O) groups is 2. The van der Waals surface area contributed by atoms with Gasteiger partial charge in [0.15, 0.2) is 0 Å². The second-order valence-corrected chi connectivity index (χ2v) is 8.23. The number of benzene rings is 1. The summed E-state index contributed by atoms with van der Waals surface area (Å²) in [4.78, 5) is 39.6. The second-order valence-electron chi connectivity index (χ2n) is 8.23. The molecule has 1 aromatic carbocycles. The number of ether oxygens (including phenoxy) is 2. The van der Waals surface area contributed by atoms with E-state index in [2.05, 4.69) is 24.4 Å². The van der Waals surface area contributed by atoms with Crippen molar-refractivity contribution < 1.29 is 33.8 Å². The molecule has 1 aliphatic heterocycles. The van der Waals surface area contributed by atoms with Crippen molar-refractivity contribution in [1.82, 2.24) is 10.2 Å². The van der Waals surface area contributed by atoms with Gasteiger partial charge in [0.2, 0.25) is 0 Å². The number of methoxy groups -OCH3 is 1. The van der Waals surface area contributed by atoms with Crippen LogP contribution in [-0.2, 0) is 23.9 Å². The molecule has 2 N–H and O–H groups in total. The number of hydrogen-bond acceptors (Lipinski definition) is 7. The third-order valence-corrected chi connectivity index (χ3v) is 4.58. The first-order chi connectivity index (χ1) is 15.0. The quantitative estimate of drug-likeness (QED) is 0.698. The molecule has 1 aromatic rings. The summed E-state index contributed by atoms with van der Waals surface area (Å²) in [5.74, 6) is -0.745. The first-order valence-electron chi connectivity index (χ1n) is 10.5. The Balaban J connectivity index is 0.00000104.